The van der Waals surface area contributed by atoms with E-state index >= 15 is 0 Å². The first-order valence-electron chi connectivity index (χ1n) is 16.0. The molecule has 11 nitrogen and oxygen atoms in total. The average Bonchev–Trinajstić information content (AvgIpc) is 2.95. The monoisotopic (exact) mass is 740 g/mol. The van der Waals surface area contributed by atoms with Crippen LogP contribution in [-0.2, 0) is 55.6 Å². The van der Waals surface area contributed by atoms with Crippen molar-refractivity contribution in [1.82, 2.24) is 9.80 Å². The minimum absolute atomic E-state index is 0. The van der Waals surface area contributed by atoms with Crippen molar-refractivity contribution in [3.8, 4) is 0 Å². The predicted molar refractivity (Wildman–Crippen MR) is 186 cm³/mol. The van der Waals surface area contributed by atoms with Crippen LogP contribution in [0.4, 0.5) is 0 Å². The maximum atomic E-state index is 11.9. The molecule has 0 spiro atoms. The Morgan fingerprint density at radius 2 is 1.09 bits per heavy atom. The van der Waals surface area contributed by atoms with Crippen LogP contribution < -0.4 is 51.4 Å². The Morgan fingerprint density at radius 3 is 1.39 bits per heavy atom. The van der Waals surface area contributed by atoms with Gasteiger partial charge in [-0.2, -0.15) is 8.42 Å². The van der Waals surface area contributed by atoms with E-state index in [0.29, 0.717) is 31.8 Å². The number of rotatable bonds is 23. The van der Waals surface area contributed by atoms with Crippen LogP contribution in [0.15, 0.2) is 0 Å². The maximum Gasteiger partial charge on any atom is 1.00 e. The summed E-state index contributed by atoms with van der Waals surface area (Å²) in [5, 5.41) is -0.143. The van der Waals surface area contributed by atoms with Crippen LogP contribution in [0.5, 0.6) is 0 Å². The smallest absolute Gasteiger partial charge is 0.742 e. The van der Waals surface area contributed by atoms with Crippen molar-refractivity contribution < 1.29 is 92.6 Å². The summed E-state index contributed by atoms with van der Waals surface area (Å²) in [6, 6.07) is 0. The molecule has 0 rings (SSSR count). The molecule has 0 aliphatic rings. The van der Waals surface area contributed by atoms with Gasteiger partial charge in [0.15, 0.2) is 5.12 Å². The molecule has 0 fully saturated rings. The maximum absolute atomic E-state index is 11.9. The van der Waals surface area contributed by atoms with Gasteiger partial charge in [-0.15, -0.1) is 0 Å². The van der Waals surface area contributed by atoms with Gasteiger partial charge < -0.3 is 36.7 Å². The van der Waals surface area contributed by atoms with Crippen molar-refractivity contribution in [2.45, 2.75) is 93.9 Å². The number of hydrogen-bond acceptors (Lipinski definition) is 13. The van der Waals surface area contributed by atoms with Gasteiger partial charge in [-0.3, -0.25) is 18.6 Å². The van der Waals surface area contributed by atoms with Crippen molar-refractivity contribution in [3.05, 3.63) is 0 Å². The molecule has 0 saturated heterocycles. The number of esters is 2. The second-order valence-corrected chi connectivity index (χ2v) is 13.7. The Bertz CT molecular complexity index is 884. The molecule has 0 amide bonds. The number of hydrogen-bond donors (Lipinski definition) is 0. The summed E-state index contributed by atoms with van der Waals surface area (Å²) in [7, 11) is -3.46. The molecule has 0 saturated carbocycles. The largest absolute Gasteiger partial charge is 1.00 e. The third kappa shape index (κ3) is 37.1. The molecule has 46 heavy (non-hydrogen) atoms. The predicted octanol–water partition coefficient (Wildman–Crippen LogP) is 1.70. The molecule has 0 heterocycles. The Labute approximate surface area is 332 Å². The first-order chi connectivity index (χ1) is 21.1. The molecule has 0 unspecified atom stereocenters. The molecular formula is C31H61KN2O9S3. The van der Waals surface area contributed by atoms with E-state index in [9.17, 15) is 27.6 Å². The van der Waals surface area contributed by atoms with E-state index in [-0.39, 0.29) is 92.0 Å². The molecule has 0 bridgehead atoms. The summed E-state index contributed by atoms with van der Waals surface area (Å²) in [5.74, 6) is -0.0608. The Kier molecular flexibility index (Phi) is 40.6. The summed E-state index contributed by atoms with van der Waals surface area (Å²) in [5.41, 5.74) is 0. The molecule has 0 aromatic rings. The molecule has 15 heteroatoms. The van der Waals surface area contributed by atoms with E-state index in [1.165, 1.54) is 18.7 Å². The van der Waals surface area contributed by atoms with E-state index in [0.717, 1.165) is 71.2 Å². The fourth-order valence-electron chi connectivity index (χ4n) is 4.17. The zero-order valence-corrected chi connectivity index (χ0v) is 35.8. The van der Waals surface area contributed by atoms with Crippen LogP contribution in [0.1, 0.15) is 93.9 Å². The molecular weight excluding hydrogens is 680 g/mol. The minimum Gasteiger partial charge on any atom is -0.742 e. The van der Waals surface area contributed by atoms with Crippen molar-refractivity contribution in [2.75, 3.05) is 71.1 Å². The average molecular weight is 741 g/mol. The Hall–Kier alpha value is 0.316. The third-order valence-electron chi connectivity index (χ3n) is 6.62. The van der Waals surface area contributed by atoms with Crippen molar-refractivity contribution in [1.29, 1.82) is 0 Å². The standard InChI is InChI=1S/C15H29NO3S.C14H29NO5S.C2H4OS.K/c1-5-16(6-2)11-8-9-14(15(18)19-7-3)10-12-20-13(4)17;1-5-15(6-2)11-8-9-13(14(16)19-7-3)10-12-20-21(4,17)18;1-2(3)4;/h14H,5-12H2,1-4H3;13H,5-12H2,1-4H3;1H3,(H,3,4);/q;;;+1/p-1/t14-;13-;;/m11../s1. The van der Waals surface area contributed by atoms with Crippen LogP contribution in [0, 0.1) is 11.8 Å². The first-order valence-corrected chi connectivity index (χ1v) is 19.3. The third-order valence-corrected chi connectivity index (χ3v) is 8.06. The molecule has 0 aromatic heterocycles. The number of carbonyl (C=O) groups is 4. The summed E-state index contributed by atoms with van der Waals surface area (Å²) < 4.78 is 36.8. The van der Waals surface area contributed by atoms with Crippen molar-refractivity contribution in [3.63, 3.8) is 0 Å². The van der Waals surface area contributed by atoms with Crippen LogP contribution in [-0.4, -0.2) is 111 Å². The molecule has 0 radical (unpaired) electrons. The van der Waals surface area contributed by atoms with Gasteiger partial charge in [0.2, 0.25) is 0 Å². The van der Waals surface area contributed by atoms with Gasteiger partial charge in [-0.05, 0) is 98.6 Å². The summed E-state index contributed by atoms with van der Waals surface area (Å²) in [6.45, 7) is 21.8. The SMILES string of the molecule is CC(=O)[S-].CCOC(=O)[C@H](CCCN(CC)CC)CCOS(C)(=O)=O.CCOC(=O)[C@H](CCCN(CC)CC)CCSC(C)=O.[K+]. The van der Waals surface area contributed by atoms with Gasteiger partial charge in [0.05, 0.1) is 37.9 Å². The van der Waals surface area contributed by atoms with Crippen molar-refractivity contribution >= 4 is 56.7 Å². The summed E-state index contributed by atoms with van der Waals surface area (Å²) in [4.78, 5) is 48.6. The molecule has 0 aliphatic heterocycles. The first kappa shape index (κ1) is 53.1. The Morgan fingerprint density at radius 1 is 0.717 bits per heavy atom. The molecule has 268 valence electrons. The van der Waals surface area contributed by atoms with Gasteiger partial charge in [-0.25, -0.2) is 0 Å². The molecule has 2 atom stereocenters. The van der Waals surface area contributed by atoms with Gasteiger partial charge in [-0.1, -0.05) is 39.5 Å². The fraction of sp³-hybridized carbons (Fsp3) is 0.871. The number of ether oxygens (including phenoxy) is 2. The van der Waals surface area contributed by atoms with Crippen LogP contribution in [0.25, 0.3) is 0 Å². The second-order valence-electron chi connectivity index (χ2n) is 10.2. The summed E-state index contributed by atoms with van der Waals surface area (Å²) >= 11 is 5.27. The molecule has 0 N–H and O–H groups in total. The van der Waals surface area contributed by atoms with Gasteiger partial charge >= 0.3 is 63.3 Å². The van der Waals surface area contributed by atoms with E-state index < -0.39 is 10.1 Å². The van der Waals surface area contributed by atoms with Crippen molar-refractivity contribution in [2.24, 2.45) is 11.8 Å². The topological polar surface area (TPSA) is 137 Å². The fourth-order valence-corrected chi connectivity index (χ4v) is 5.26. The van der Waals surface area contributed by atoms with E-state index in [4.69, 9.17) is 13.7 Å². The van der Waals surface area contributed by atoms with E-state index in [2.05, 4.69) is 50.1 Å². The molecule has 0 aliphatic carbocycles. The van der Waals surface area contributed by atoms with Crippen LogP contribution in [0.2, 0.25) is 0 Å². The van der Waals surface area contributed by atoms with Gasteiger partial charge in [0, 0.05) is 17.8 Å². The Balaban J connectivity index is -0.000000336. The number of nitrogens with zero attached hydrogens (tertiary/aromatic N) is 2. The minimum atomic E-state index is -3.46. The second kappa shape index (κ2) is 35.2. The quantitative estimate of drug-likeness (QED) is 0.0652. The van der Waals surface area contributed by atoms with Gasteiger partial charge in [0.25, 0.3) is 10.1 Å². The van der Waals surface area contributed by atoms with E-state index in [1.54, 1.807) is 13.8 Å². The molecule has 0 aromatic carbocycles. The normalized spacial score (nSPS) is 12.1. The zero-order valence-electron chi connectivity index (χ0n) is 30.3. The number of thioether (sulfide) groups is 1. The number of carbonyl (C=O) groups excluding carboxylic acids is 4. The summed E-state index contributed by atoms with van der Waals surface area (Å²) in [6.07, 6.45) is 5.49. The van der Waals surface area contributed by atoms with Crippen LogP contribution >= 0.6 is 11.8 Å². The zero-order chi connectivity index (χ0) is 35.3. The van der Waals surface area contributed by atoms with Gasteiger partial charge in [0.1, 0.15) is 0 Å². The van der Waals surface area contributed by atoms with E-state index in [1.807, 2.05) is 6.92 Å². The van der Waals surface area contributed by atoms with Crippen LogP contribution in [0.3, 0.4) is 0 Å².